The van der Waals surface area contributed by atoms with Gasteiger partial charge in [-0.05, 0) is 26.7 Å². The molecule has 2 aliphatic heterocycles. The van der Waals surface area contributed by atoms with Gasteiger partial charge in [0.15, 0.2) is 5.79 Å². The molecule has 2 aliphatic rings. The van der Waals surface area contributed by atoms with Crippen LogP contribution in [0.5, 0.6) is 0 Å². The summed E-state index contributed by atoms with van der Waals surface area (Å²) in [6, 6.07) is 0. The third-order valence-corrected chi connectivity index (χ3v) is 4.57. The van der Waals surface area contributed by atoms with E-state index in [0.29, 0.717) is 32.7 Å². The molecule has 4 unspecified atom stereocenters. The second kappa shape index (κ2) is 7.11. The number of hydrogen-bond acceptors (Lipinski definition) is 5. The largest absolute Gasteiger partial charge is 0.459 e. The highest BCUT2D eigenvalue weighted by molar-refractivity contribution is 5.80. The zero-order valence-corrected chi connectivity index (χ0v) is 13.9. The molecule has 2 fully saturated rings. The van der Waals surface area contributed by atoms with Crippen molar-refractivity contribution in [1.29, 1.82) is 0 Å². The van der Waals surface area contributed by atoms with Gasteiger partial charge in [-0.3, -0.25) is 4.79 Å². The Bertz CT molecular complexity index is 410. The molecule has 2 saturated heterocycles. The van der Waals surface area contributed by atoms with Crippen molar-refractivity contribution in [1.82, 2.24) is 0 Å². The molecule has 22 heavy (non-hydrogen) atoms. The summed E-state index contributed by atoms with van der Waals surface area (Å²) in [6.45, 7) is 11.3. The number of cyclic esters (lactones) is 1. The van der Waals surface area contributed by atoms with Crippen LogP contribution >= 0.6 is 0 Å². The molecular formula is C17H28O5. The number of carbonyl (C=O) groups excluding carboxylic acids is 1. The molecule has 126 valence electrons. The molecule has 0 bridgehead atoms. The van der Waals surface area contributed by atoms with Crippen LogP contribution in [0.2, 0.25) is 0 Å². The first kappa shape index (κ1) is 17.4. The van der Waals surface area contributed by atoms with Crippen LogP contribution in [0.4, 0.5) is 0 Å². The Labute approximate surface area is 132 Å². The van der Waals surface area contributed by atoms with Gasteiger partial charge >= 0.3 is 5.97 Å². The second-order valence-corrected chi connectivity index (χ2v) is 6.42. The zero-order valence-electron chi connectivity index (χ0n) is 13.9. The van der Waals surface area contributed by atoms with Crippen LogP contribution in [0, 0.1) is 5.41 Å². The lowest BCUT2D eigenvalue weighted by molar-refractivity contribution is -0.228. The van der Waals surface area contributed by atoms with E-state index in [9.17, 15) is 4.79 Å². The van der Waals surface area contributed by atoms with Gasteiger partial charge in [0, 0.05) is 13.0 Å². The molecule has 0 spiro atoms. The van der Waals surface area contributed by atoms with Gasteiger partial charge in [-0.1, -0.05) is 19.4 Å². The molecule has 5 nitrogen and oxygen atoms in total. The van der Waals surface area contributed by atoms with Crippen molar-refractivity contribution in [2.24, 2.45) is 5.41 Å². The molecule has 0 saturated carbocycles. The highest BCUT2D eigenvalue weighted by atomic mass is 16.7. The van der Waals surface area contributed by atoms with E-state index in [-0.39, 0.29) is 18.2 Å². The minimum Gasteiger partial charge on any atom is -0.459 e. The number of esters is 1. The molecule has 4 atom stereocenters. The Hall–Kier alpha value is -0.910. The van der Waals surface area contributed by atoms with E-state index in [1.54, 1.807) is 6.08 Å². The van der Waals surface area contributed by atoms with Crippen LogP contribution < -0.4 is 0 Å². The summed E-state index contributed by atoms with van der Waals surface area (Å²) < 4.78 is 22.9. The maximum atomic E-state index is 12.6. The predicted molar refractivity (Wildman–Crippen MR) is 82.4 cm³/mol. The fourth-order valence-corrected chi connectivity index (χ4v) is 3.28. The van der Waals surface area contributed by atoms with Crippen molar-refractivity contribution in [3.05, 3.63) is 12.7 Å². The highest BCUT2D eigenvalue weighted by Gasteiger charge is 2.63. The minimum atomic E-state index is -0.962. The summed E-state index contributed by atoms with van der Waals surface area (Å²) in [5, 5.41) is 0. The Balaban J connectivity index is 2.07. The van der Waals surface area contributed by atoms with Gasteiger partial charge < -0.3 is 18.9 Å². The number of allylic oxidation sites excluding steroid dienone is 1. The van der Waals surface area contributed by atoms with E-state index in [1.807, 2.05) is 13.8 Å². The first-order valence-electron chi connectivity index (χ1n) is 8.19. The monoisotopic (exact) mass is 312 g/mol. The van der Waals surface area contributed by atoms with E-state index < -0.39 is 11.2 Å². The molecule has 0 radical (unpaired) electrons. The van der Waals surface area contributed by atoms with E-state index in [2.05, 4.69) is 13.5 Å². The number of hydrogen-bond donors (Lipinski definition) is 0. The molecule has 2 rings (SSSR count). The van der Waals surface area contributed by atoms with Crippen LogP contribution in [0.15, 0.2) is 12.7 Å². The van der Waals surface area contributed by atoms with Crippen LogP contribution in [0.3, 0.4) is 0 Å². The average Bonchev–Trinajstić information content (AvgIpc) is 2.98. The van der Waals surface area contributed by atoms with Crippen molar-refractivity contribution in [3.63, 3.8) is 0 Å². The fraction of sp³-hybridized carbons (Fsp3) is 0.824. The van der Waals surface area contributed by atoms with Gasteiger partial charge in [0.2, 0.25) is 0 Å². The molecule has 0 aromatic carbocycles. The maximum absolute atomic E-state index is 12.6. The van der Waals surface area contributed by atoms with Gasteiger partial charge in [0.25, 0.3) is 0 Å². The summed E-state index contributed by atoms with van der Waals surface area (Å²) in [5.74, 6) is -1.23. The van der Waals surface area contributed by atoms with Gasteiger partial charge in [0.05, 0.1) is 19.3 Å². The normalized spacial score (nSPS) is 38.2. The molecule has 5 heteroatoms. The van der Waals surface area contributed by atoms with Crippen molar-refractivity contribution < 1.29 is 23.7 Å². The van der Waals surface area contributed by atoms with Crippen molar-refractivity contribution in [2.45, 2.75) is 64.4 Å². The SMILES string of the molecule is C=CCC1(C2(C)OCC(C)O2)CC(COCCCC)OC1=O. The smallest absolute Gasteiger partial charge is 0.318 e. The lowest BCUT2D eigenvalue weighted by atomic mass is 9.74. The van der Waals surface area contributed by atoms with Gasteiger partial charge in [0.1, 0.15) is 11.5 Å². The minimum absolute atomic E-state index is 0.0284. The highest BCUT2D eigenvalue weighted by Crippen LogP contribution is 2.51. The molecule has 0 aliphatic carbocycles. The fourth-order valence-electron chi connectivity index (χ4n) is 3.28. The number of unbranched alkanes of at least 4 members (excludes halogenated alkanes) is 1. The third-order valence-electron chi connectivity index (χ3n) is 4.57. The van der Waals surface area contributed by atoms with Crippen molar-refractivity contribution in [2.75, 3.05) is 19.8 Å². The average molecular weight is 312 g/mol. The predicted octanol–water partition coefficient (Wildman–Crippen LogP) is 2.83. The van der Waals surface area contributed by atoms with Crippen LogP contribution in [-0.4, -0.2) is 43.8 Å². The standard InChI is InChI=1S/C17H28O5/c1-5-7-9-19-12-14-10-17(8-6-2,15(18)21-14)16(4)20-11-13(3)22-16/h6,13-14H,2,5,7-12H2,1,3-4H3. The molecular weight excluding hydrogens is 284 g/mol. The van der Waals surface area contributed by atoms with Gasteiger partial charge in [-0.25, -0.2) is 0 Å². The lowest BCUT2D eigenvalue weighted by Gasteiger charge is -2.38. The Morgan fingerprint density at radius 1 is 1.50 bits per heavy atom. The van der Waals surface area contributed by atoms with E-state index >= 15 is 0 Å². The Morgan fingerprint density at radius 2 is 2.27 bits per heavy atom. The lowest BCUT2D eigenvalue weighted by Crippen LogP contribution is -2.50. The van der Waals surface area contributed by atoms with E-state index in [4.69, 9.17) is 18.9 Å². The number of rotatable bonds is 8. The molecule has 0 amide bonds. The van der Waals surface area contributed by atoms with Crippen LogP contribution in [0.25, 0.3) is 0 Å². The van der Waals surface area contributed by atoms with Gasteiger partial charge in [-0.2, -0.15) is 0 Å². The first-order chi connectivity index (χ1) is 10.5. The van der Waals surface area contributed by atoms with E-state index in [0.717, 1.165) is 12.8 Å². The first-order valence-corrected chi connectivity index (χ1v) is 8.19. The number of carbonyl (C=O) groups is 1. The summed E-state index contributed by atoms with van der Waals surface area (Å²) in [5.41, 5.74) is -0.835. The zero-order chi connectivity index (χ0) is 16.2. The Kier molecular flexibility index (Phi) is 5.64. The topological polar surface area (TPSA) is 54.0 Å². The quantitative estimate of drug-likeness (QED) is 0.392. The molecule has 2 heterocycles. The van der Waals surface area contributed by atoms with Crippen LogP contribution in [0.1, 0.15) is 46.5 Å². The van der Waals surface area contributed by atoms with E-state index in [1.165, 1.54) is 0 Å². The summed E-state index contributed by atoms with van der Waals surface area (Å²) in [7, 11) is 0. The Morgan fingerprint density at radius 3 is 2.86 bits per heavy atom. The second-order valence-electron chi connectivity index (χ2n) is 6.42. The maximum Gasteiger partial charge on any atom is 0.318 e. The van der Waals surface area contributed by atoms with Crippen molar-refractivity contribution >= 4 is 5.97 Å². The molecule has 0 aromatic heterocycles. The summed E-state index contributed by atoms with van der Waals surface area (Å²) in [6.07, 6.45) is 4.57. The number of ether oxygens (including phenoxy) is 4. The molecule has 0 aromatic rings. The summed E-state index contributed by atoms with van der Waals surface area (Å²) in [4.78, 5) is 12.6. The van der Waals surface area contributed by atoms with Gasteiger partial charge in [-0.15, -0.1) is 6.58 Å². The van der Waals surface area contributed by atoms with Crippen LogP contribution in [-0.2, 0) is 23.7 Å². The third kappa shape index (κ3) is 3.21. The summed E-state index contributed by atoms with van der Waals surface area (Å²) >= 11 is 0. The molecule has 0 N–H and O–H groups in total. The van der Waals surface area contributed by atoms with Crippen molar-refractivity contribution in [3.8, 4) is 0 Å².